The monoisotopic (exact) mass is 494 g/mol. The first-order valence-corrected chi connectivity index (χ1v) is 13.9. The van der Waals surface area contributed by atoms with E-state index in [4.69, 9.17) is 18.9 Å². The van der Waals surface area contributed by atoms with Crippen molar-refractivity contribution in [3.8, 4) is 0 Å². The SMILES string of the molecule is CC1(C)OC1CC/C=C\CC[C@](C)(O)[C@H]1CC[C@H]([C@]2(C)CC[C@H]([C@]3(C)CC[C@H](C(C)(C)O)O3)O2)O1. The van der Waals surface area contributed by atoms with Gasteiger partial charge in [0.05, 0.1) is 58.5 Å². The Hall–Kier alpha value is -0.500. The molecule has 0 radical (unpaired) electrons. The van der Waals surface area contributed by atoms with Crippen LogP contribution in [0.3, 0.4) is 0 Å². The minimum atomic E-state index is -0.852. The molecular weight excluding hydrogens is 444 g/mol. The second kappa shape index (κ2) is 9.67. The van der Waals surface area contributed by atoms with Gasteiger partial charge in [0, 0.05) is 0 Å². The van der Waals surface area contributed by atoms with Gasteiger partial charge in [-0.1, -0.05) is 12.2 Å². The van der Waals surface area contributed by atoms with Crippen LogP contribution in [0.4, 0.5) is 0 Å². The molecule has 0 aliphatic carbocycles. The molecule has 4 saturated heterocycles. The number of epoxide rings is 1. The molecule has 4 fully saturated rings. The van der Waals surface area contributed by atoms with Crippen LogP contribution in [0.1, 0.15) is 113 Å². The zero-order valence-electron chi connectivity index (χ0n) is 23.1. The summed E-state index contributed by atoms with van der Waals surface area (Å²) in [6, 6.07) is 0. The maximum Gasteiger partial charge on any atom is 0.0921 e. The molecule has 0 bridgehead atoms. The van der Waals surface area contributed by atoms with E-state index in [9.17, 15) is 10.2 Å². The molecular formula is C29H50O6. The zero-order valence-corrected chi connectivity index (χ0v) is 23.1. The molecule has 4 aliphatic rings. The lowest BCUT2D eigenvalue weighted by Crippen LogP contribution is -2.47. The lowest BCUT2D eigenvalue weighted by Gasteiger charge is -2.38. The minimum absolute atomic E-state index is 0.000221. The van der Waals surface area contributed by atoms with Crippen LogP contribution < -0.4 is 0 Å². The Kier molecular flexibility index (Phi) is 7.60. The summed E-state index contributed by atoms with van der Waals surface area (Å²) in [5.74, 6) is 0. The fourth-order valence-corrected chi connectivity index (χ4v) is 6.43. The molecule has 4 heterocycles. The molecule has 6 nitrogen and oxygen atoms in total. The van der Waals surface area contributed by atoms with E-state index in [2.05, 4.69) is 39.8 Å². The van der Waals surface area contributed by atoms with Crippen LogP contribution in [0.15, 0.2) is 12.2 Å². The van der Waals surface area contributed by atoms with E-state index in [1.54, 1.807) is 0 Å². The molecule has 0 aromatic carbocycles. The van der Waals surface area contributed by atoms with Crippen LogP contribution in [0.5, 0.6) is 0 Å². The molecule has 0 aromatic rings. The Balaban J connectivity index is 1.23. The van der Waals surface area contributed by atoms with Crippen molar-refractivity contribution in [1.82, 2.24) is 0 Å². The Labute approximate surface area is 212 Å². The smallest absolute Gasteiger partial charge is 0.0921 e. The molecule has 0 aromatic heterocycles. The highest BCUT2D eigenvalue weighted by molar-refractivity contribution is 5.05. The Bertz CT molecular complexity index is 770. The number of rotatable bonds is 10. The lowest BCUT2D eigenvalue weighted by molar-refractivity contribution is -0.201. The summed E-state index contributed by atoms with van der Waals surface area (Å²) in [6.45, 7) is 14.1. The maximum absolute atomic E-state index is 11.2. The van der Waals surface area contributed by atoms with Crippen LogP contribution >= 0.6 is 0 Å². The third-order valence-electron chi connectivity index (χ3n) is 9.24. The highest BCUT2D eigenvalue weighted by Gasteiger charge is 2.55. The second-order valence-electron chi connectivity index (χ2n) is 13.4. The molecule has 8 atom stereocenters. The van der Waals surface area contributed by atoms with Crippen molar-refractivity contribution >= 4 is 0 Å². The van der Waals surface area contributed by atoms with Gasteiger partial charge in [0.1, 0.15) is 0 Å². The second-order valence-corrected chi connectivity index (χ2v) is 13.4. The lowest BCUT2D eigenvalue weighted by atomic mass is 9.89. The standard InChI is InChI=1S/C29H50O6/c1-25(2,30)20-15-18-29(7,34-20)24-16-19-28(6,35-24)23-14-13-22(32-23)27(5,31)17-11-9-8-10-12-21-26(3,4)33-21/h8-9,20-24,30-31H,10-19H2,1-7H3/b9-8-/t20-,21?,22-,23-,24-,27+,28+,29+/m1/s1. The van der Waals surface area contributed by atoms with E-state index in [0.717, 1.165) is 57.8 Å². The molecule has 6 heteroatoms. The number of ether oxygens (including phenoxy) is 4. The molecule has 0 saturated carbocycles. The van der Waals surface area contributed by atoms with Gasteiger partial charge in [-0.15, -0.1) is 0 Å². The topological polar surface area (TPSA) is 80.7 Å². The predicted molar refractivity (Wildman–Crippen MR) is 136 cm³/mol. The quantitative estimate of drug-likeness (QED) is 0.320. The predicted octanol–water partition coefficient (Wildman–Crippen LogP) is 5.23. The van der Waals surface area contributed by atoms with Crippen LogP contribution in [-0.2, 0) is 18.9 Å². The van der Waals surface area contributed by atoms with Gasteiger partial charge in [-0.05, 0) is 113 Å². The summed E-state index contributed by atoms with van der Waals surface area (Å²) < 4.78 is 25.1. The summed E-state index contributed by atoms with van der Waals surface area (Å²) in [5.41, 5.74) is -2.37. The van der Waals surface area contributed by atoms with E-state index < -0.39 is 11.2 Å². The van der Waals surface area contributed by atoms with Gasteiger partial charge in [-0.2, -0.15) is 0 Å². The highest BCUT2D eigenvalue weighted by Crippen LogP contribution is 2.48. The average molecular weight is 495 g/mol. The molecule has 35 heavy (non-hydrogen) atoms. The van der Waals surface area contributed by atoms with Gasteiger partial charge in [-0.25, -0.2) is 0 Å². The third kappa shape index (κ3) is 6.15. The van der Waals surface area contributed by atoms with Crippen LogP contribution in [0.2, 0.25) is 0 Å². The van der Waals surface area contributed by atoms with E-state index in [1.807, 2.05) is 20.8 Å². The first kappa shape index (κ1) is 27.5. The zero-order chi connectivity index (χ0) is 25.7. The normalized spacial score (nSPS) is 43.2. The summed E-state index contributed by atoms with van der Waals surface area (Å²) in [4.78, 5) is 0. The molecule has 0 amide bonds. The van der Waals surface area contributed by atoms with Crippen molar-refractivity contribution in [3.63, 3.8) is 0 Å². The van der Waals surface area contributed by atoms with Crippen molar-refractivity contribution in [3.05, 3.63) is 12.2 Å². The fraction of sp³-hybridized carbons (Fsp3) is 0.931. The van der Waals surface area contributed by atoms with Crippen molar-refractivity contribution < 1.29 is 29.2 Å². The van der Waals surface area contributed by atoms with Gasteiger partial charge in [0.15, 0.2) is 0 Å². The van der Waals surface area contributed by atoms with E-state index in [1.165, 1.54) is 0 Å². The van der Waals surface area contributed by atoms with Crippen molar-refractivity contribution in [2.45, 2.75) is 171 Å². The van der Waals surface area contributed by atoms with Gasteiger partial charge >= 0.3 is 0 Å². The Morgan fingerprint density at radius 2 is 1.40 bits per heavy atom. The number of aliphatic hydroxyl groups is 2. The van der Waals surface area contributed by atoms with E-state index in [0.29, 0.717) is 12.5 Å². The van der Waals surface area contributed by atoms with Crippen molar-refractivity contribution in [2.75, 3.05) is 0 Å². The number of allylic oxidation sites excluding steroid dienone is 2. The molecule has 4 rings (SSSR count). The van der Waals surface area contributed by atoms with E-state index >= 15 is 0 Å². The van der Waals surface area contributed by atoms with Crippen LogP contribution in [-0.4, -0.2) is 68.7 Å². The third-order valence-corrected chi connectivity index (χ3v) is 9.24. The molecule has 2 N–H and O–H groups in total. The van der Waals surface area contributed by atoms with Gasteiger partial charge in [0.25, 0.3) is 0 Å². The number of hydrogen-bond acceptors (Lipinski definition) is 6. The van der Waals surface area contributed by atoms with Crippen molar-refractivity contribution in [2.24, 2.45) is 0 Å². The highest BCUT2D eigenvalue weighted by atomic mass is 16.6. The largest absolute Gasteiger partial charge is 0.388 e. The molecule has 0 spiro atoms. The van der Waals surface area contributed by atoms with Crippen LogP contribution in [0, 0.1) is 0 Å². The summed E-state index contributed by atoms with van der Waals surface area (Å²) >= 11 is 0. The summed E-state index contributed by atoms with van der Waals surface area (Å²) in [6.07, 6.45) is 13.4. The summed E-state index contributed by atoms with van der Waals surface area (Å²) in [5, 5.41) is 21.6. The van der Waals surface area contributed by atoms with Gasteiger partial charge in [0.2, 0.25) is 0 Å². The maximum atomic E-state index is 11.2. The molecule has 202 valence electrons. The van der Waals surface area contributed by atoms with E-state index in [-0.39, 0.29) is 41.2 Å². The fourth-order valence-electron chi connectivity index (χ4n) is 6.43. The van der Waals surface area contributed by atoms with Gasteiger partial charge in [-0.3, -0.25) is 0 Å². The Morgan fingerprint density at radius 1 is 0.771 bits per heavy atom. The molecule has 1 unspecified atom stereocenters. The minimum Gasteiger partial charge on any atom is -0.388 e. The first-order valence-electron chi connectivity index (χ1n) is 13.9. The summed E-state index contributed by atoms with van der Waals surface area (Å²) in [7, 11) is 0. The molecule has 4 aliphatic heterocycles. The number of hydrogen-bond donors (Lipinski definition) is 2. The first-order chi connectivity index (χ1) is 16.1. The Morgan fingerprint density at radius 3 is 2.03 bits per heavy atom. The van der Waals surface area contributed by atoms with Gasteiger partial charge < -0.3 is 29.2 Å². The average Bonchev–Trinajstić information content (AvgIpc) is 3.25. The van der Waals surface area contributed by atoms with Crippen LogP contribution in [0.25, 0.3) is 0 Å². The van der Waals surface area contributed by atoms with Crippen molar-refractivity contribution in [1.29, 1.82) is 0 Å².